The minimum absolute atomic E-state index is 0.146. The van der Waals surface area contributed by atoms with E-state index in [4.69, 9.17) is 4.74 Å². The highest BCUT2D eigenvalue weighted by molar-refractivity contribution is 6.05. The SMILES string of the molecule is C=C1CCCCC[C@@]1(C(C)=O)C(=O)OCc1ccccc1. The molecule has 1 atom stereocenters. The molecule has 1 aromatic rings. The number of esters is 1. The lowest BCUT2D eigenvalue weighted by molar-refractivity contribution is -0.159. The first-order valence-corrected chi connectivity index (χ1v) is 7.48. The average molecular weight is 286 g/mol. The van der Waals surface area contributed by atoms with Gasteiger partial charge < -0.3 is 4.74 Å². The molecule has 0 spiro atoms. The third kappa shape index (κ3) is 3.23. The van der Waals surface area contributed by atoms with Gasteiger partial charge in [-0.25, -0.2) is 0 Å². The van der Waals surface area contributed by atoms with Crippen molar-refractivity contribution in [2.75, 3.05) is 0 Å². The van der Waals surface area contributed by atoms with E-state index >= 15 is 0 Å². The van der Waals surface area contributed by atoms with Crippen molar-refractivity contribution in [3.8, 4) is 0 Å². The van der Waals surface area contributed by atoms with E-state index in [1.807, 2.05) is 30.3 Å². The Kier molecular flexibility index (Phi) is 4.94. The summed E-state index contributed by atoms with van der Waals surface area (Å²) in [6.45, 7) is 5.67. The number of Topliss-reactive ketones (excluding diaryl/α,β-unsaturated/α-hetero) is 1. The first-order chi connectivity index (χ1) is 10.1. The van der Waals surface area contributed by atoms with Crippen LogP contribution in [0.2, 0.25) is 0 Å². The molecule has 0 aliphatic heterocycles. The Morgan fingerprint density at radius 2 is 1.90 bits per heavy atom. The van der Waals surface area contributed by atoms with Crippen molar-refractivity contribution in [3.05, 3.63) is 48.0 Å². The van der Waals surface area contributed by atoms with Gasteiger partial charge in [-0.15, -0.1) is 0 Å². The average Bonchev–Trinajstić information content (AvgIpc) is 2.68. The quantitative estimate of drug-likeness (QED) is 0.366. The summed E-state index contributed by atoms with van der Waals surface area (Å²) in [4.78, 5) is 24.8. The normalized spacial score (nSPS) is 22.4. The van der Waals surface area contributed by atoms with Gasteiger partial charge in [0.1, 0.15) is 12.0 Å². The minimum atomic E-state index is -1.13. The largest absolute Gasteiger partial charge is 0.460 e. The summed E-state index contributed by atoms with van der Waals surface area (Å²) in [5.41, 5.74) is 0.500. The summed E-state index contributed by atoms with van der Waals surface area (Å²) >= 11 is 0. The lowest BCUT2D eigenvalue weighted by Gasteiger charge is -2.29. The number of carbonyl (C=O) groups is 2. The molecule has 0 heterocycles. The van der Waals surface area contributed by atoms with E-state index in [-0.39, 0.29) is 12.4 Å². The number of carbonyl (C=O) groups excluding carboxylic acids is 2. The molecule has 1 saturated carbocycles. The highest BCUT2D eigenvalue weighted by Gasteiger charge is 2.47. The smallest absolute Gasteiger partial charge is 0.324 e. The van der Waals surface area contributed by atoms with E-state index in [2.05, 4.69) is 6.58 Å². The van der Waals surface area contributed by atoms with Crippen LogP contribution < -0.4 is 0 Å². The molecule has 0 aromatic heterocycles. The van der Waals surface area contributed by atoms with Crippen LogP contribution in [0.25, 0.3) is 0 Å². The Bertz CT molecular complexity index is 533. The zero-order chi connectivity index (χ0) is 15.3. The highest BCUT2D eigenvalue weighted by atomic mass is 16.5. The number of ether oxygens (including phenoxy) is 1. The molecular formula is C18H22O3. The van der Waals surface area contributed by atoms with E-state index < -0.39 is 11.4 Å². The molecule has 1 fully saturated rings. The zero-order valence-electron chi connectivity index (χ0n) is 12.6. The molecule has 3 nitrogen and oxygen atoms in total. The molecular weight excluding hydrogens is 264 g/mol. The summed E-state index contributed by atoms with van der Waals surface area (Å²) in [7, 11) is 0. The minimum Gasteiger partial charge on any atom is -0.460 e. The van der Waals surface area contributed by atoms with Gasteiger partial charge in [-0.1, -0.05) is 55.3 Å². The van der Waals surface area contributed by atoms with Gasteiger partial charge in [0.2, 0.25) is 0 Å². The van der Waals surface area contributed by atoms with Gasteiger partial charge in [-0.3, -0.25) is 9.59 Å². The summed E-state index contributed by atoms with van der Waals surface area (Å²) in [5.74, 6) is -0.585. The number of hydrogen-bond donors (Lipinski definition) is 0. The zero-order valence-corrected chi connectivity index (χ0v) is 12.6. The monoisotopic (exact) mass is 286 g/mol. The van der Waals surface area contributed by atoms with Crippen LogP contribution >= 0.6 is 0 Å². The van der Waals surface area contributed by atoms with Gasteiger partial charge in [-0.05, 0) is 31.7 Å². The highest BCUT2D eigenvalue weighted by Crippen LogP contribution is 2.40. The topological polar surface area (TPSA) is 43.4 Å². The second-order valence-electron chi connectivity index (χ2n) is 5.69. The molecule has 0 radical (unpaired) electrons. The second kappa shape index (κ2) is 6.70. The Morgan fingerprint density at radius 1 is 1.19 bits per heavy atom. The molecule has 1 aromatic carbocycles. The third-order valence-corrected chi connectivity index (χ3v) is 4.30. The summed E-state index contributed by atoms with van der Waals surface area (Å²) in [6.07, 6.45) is 4.12. The fourth-order valence-electron chi connectivity index (χ4n) is 2.96. The van der Waals surface area contributed by atoms with E-state index in [0.29, 0.717) is 12.0 Å². The Labute approximate surface area is 126 Å². The Morgan fingerprint density at radius 3 is 2.57 bits per heavy atom. The summed E-state index contributed by atoms with van der Waals surface area (Å²) < 4.78 is 5.44. The van der Waals surface area contributed by atoms with Crippen molar-refractivity contribution < 1.29 is 14.3 Å². The lowest BCUT2D eigenvalue weighted by Crippen LogP contribution is -2.40. The molecule has 0 unspecified atom stereocenters. The summed E-state index contributed by atoms with van der Waals surface area (Å²) in [5, 5.41) is 0. The number of ketones is 1. The summed E-state index contributed by atoms with van der Waals surface area (Å²) in [6, 6.07) is 9.50. The first kappa shape index (κ1) is 15.5. The number of hydrogen-bond acceptors (Lipinski definition) is 3. The van der Waals surface area contributed by atoms with Gasteiger partial charge in [0, 0.05) is 0 Å². The van der Waals surface area contributed by atoms with Gasteiger partial charge in [-0.2, -0.15) is 0 Å². The van der Waals surface area contributed by atoms with E-state index in [1.54, 1.807) is 0 Å². The van der Waals surface area contributed by atoms with Crippen molar-refractivity contribution in [2.45, 2.75) is 45.6 Å². The molecule has 3 heteroatoms. The van der Waals surface area contributed by atoms with E-state index in [0.717, 1.165) is 31.2 Å². The van der Waals surface area contributed by atoms with Crippen molar-refractivity contribution in [3.63, 3.8) is 0 Å². The number of rotatable bonds is 4. The molecule has 0 N–H and O–H groups in total. The fourth-order valence-corrected chi connectivity index (χ4v) is 2.96. The van der Waals surface area contributed by atoms with Crippen molar-refractivity contribution >= 4 is 11.8 Å². The van der Waals surface area contributed by atoms with Crippen LogP contribution in [0.1, 0.15) is 44.6 Å². The molecule has 0 saturated heterocycles. The standard InChI is InChI=1S/C18H22O3/c1-14-9-5-4-8-12-18(14,15(2)19)17(20)21-13-16-10-6-3-7-11-16/h3,6-7,10-11H,1,4-5,8-9,12-13H2,2H3/t18-/m1/s1. The molecule has 0 amide bonds. The van der Waals surface area contributed by atoms with Crippen molar-refractivity contribution in [2.24, 2.45) is 5.41 Å². The van der Waals surface area contributed by atoms with Crippen molar-refractivity contribution in [1.82, 2.24) is 0 Å². The van der Waals surface area contributed by atoms with Gasteiger partial charge >= 0.3 is 5.97 Å². The molecule has 21 heavy (non-hydrogen) atoms. The number of benzene rings is 1. The molecule has 112 valence electrons. The fraction of sp³-hybridized carbons (Fsp3) is 0.444. The van der Waals surface area contributed by atoms with Crippen LogP contribution in [0.4, 0.5) is 0 Å². The molecule has 2 rings (SSSR count). The Balaban J connectivity index is 2.15. The first-order valence-electron chi connectivity index (χ1n) is 7.48. The van der Waals surface area contributed by atoms with Crippen LogP contribution in [-0.4, -0.2) is 11.8 Å². The van der Waals surface area contributed by atoms with Gasteiger partial charge in [0.25, 0.3) is 0 Å². The Hall–Kier alpha value is -1.90. The molecule has 1 aliphatic rings. The van der Waals surface area contributed by atoms with Crippen LogP contribution in [0, 0.1) is 5.41 Å². The predicted molar refractivity (Wildman–Crippen MR) is 81.6 cm³/mol. The van der Waals surface area contributed by atoms with Crippen LogP contribution in [-0.2, 0) is 20.9 Å². The van der Waals surface area contributed by atoms with Gasteiger partial charge in [0.15, 0.2) is 5.78 Å². The van der Waals surface area contributed by atoms with Crippen molar-refractivity contribution in [1.29, 1.82) is 0 Å². The molecule has 1 aliphatic carbocycles. The van der Waals surface area contributed by atoms with Crippen LogP contribution in [0.3, 0.4) is 0 Å². The maximum Gasteiger partial charge on any atom is 0.324 e. The van der Waals surface area contributed by atoms with E-state index in [1.165, 1.54) is 6.92 Å². The van der Waals surface area contributed by atoms with E-state index in [9.17, 15) is 9.59 Å². The van der Waals surface area contributed by atoms with Gasteiger partial charge in [0.05, 0.1) is 0 Å². The lowest BCUT2D eigenvalue weighted by atomic mass is 9.74. The maximum absolute atomic E-state index is 12.6. The third-order valence-electron chi connectivity index (χ3n) is 4.30. The maximum atomic E-state index is 12.6. The second-order valence-corrected chi connectivity index (χ2v) is 5.69. The predicted octanol–water partition coefficient (Wildman–Crippen LogP) is 3.83. The van der Waals surface area contributed by atoms with Crippen LogP contribution in [0.5, 0.6) is 0 Å². The van der Waals surface area contributed by atoms with Crippen LogP contribution in [0.15, 0.2) is 42.5 Å². The molecule has 0 bridgehead atoms.